The van der Waals surface area contributed by atoms with E-state index < -0.39 is 0 Å². The van der Waals surface area contributed by atoms with Crippen molar-refractivity contribution >= 4 is 5.82 Å². The fraction of sp³-hybridized carbons (Fsp3) is 0.714. The van der Waals surface area contributed by atoms with Crippen LogP contribution in [-0.2, 0) is 0 Å². The Bertz CT molecular complexity index is 355. The van der Waals surface area contributed by atoms with E-state index in [-0.39, 0.29) is 0 Å². The molecule has 2 rings (SSSR count). The van der Waals surface area contributed by atoms with Crippen molar-refractivity contribution < 1.29 is 0 Å². The Morgan fingerprint density at radius 2 is 2.06 bits per heavy atom. The van der Waals surface area contributed by atoms with Crippen molar-refractivity contribution in [1.29, 1.82) is 0 Å². The van der Waals surface area contributed by atoms with E-state index in [9.17, 15) is 0 Å². The van der Waals surface area contributed by atoms with Gasteiger partial charge < -0.3 is 10.2 Å². The highest BCUT2D eigenvalue weighted by Gasteiger charge is 2.14. The molecule has 1 aromatic rings. The van der Waals surface area contributed by atoms with Crippen molar-refractivity contribution in [2.75, 3.05) is 31.1 Å². The third-order valence-corrected chi connectivity index (χ3v) is 3.74. The van der Waals surface area contributed by atoms with Gasteiger partial charge in [-0.15, -0.1) is 0 Å². The van der Waals surface area contributed by atoms with Crippen LogP contribution in [-0.4, -0.2) is 36.1 Å². The van der Waals surface area contributed by atoms with E-state index in [1.54, 1.807) is 6.33 Å². The third kappa shape index (κ3) is 3.19. The molecule has 18 heavy (non-hydrogen) atoms. The van der Waals surface area contributed by atoms with Crippen molar-refractivity contribution in [2.45, 2.75) is 39.0 Å². The van der Waals surface area contributed by atoms with Gasteiger partial charge in [-0.25, -0.2) is 9.97 Å². The van der Waals surface area contributed by atoms with E-state index >= 15 is 0 Å². The molecule has 1 fully saturated rings. The summed E-state index contributed by atoms with van der Waals surface area (Å²) in [6.45, 7) is 8.74. The second kappa shape index (κ2) is 6.69. The van der Waals surface area contributed by atoms with Crippen molar-refractivity contribution in [1.82, 2.24) is 15.3 Å². The lowest BCUT2D eigenvalue weighted by Crippen LogP contribution is -2.28. The summed E-state index contributed by atoms with van der Waals surface area (Å²) >= 11 is 0. The molecule has 4 nitrogen and oxygen atoms in total. The van der Waals surface area contributed by atoms with E-state index in [0.717, 1.165) is 44.8 Å². The fourth-order valence-electron chi connectivity index (χ4n) is 2.54. The molecule has 0 saturated carbocycles. The molecule has 2 heterocycles. The Morgan fingerprint density at radius 1 is 1.22 bits per heavy atom. The van der Waals surface area contributed by atoms with Crippen LogP contribution in [0.25, 0.3) is 0 Å². The van der Waals surface area contributed by atoms with Gasteiger partial charge in [-0.2, -0.15) is 0 Å². The Balaban J connectivity index is 2.14. The van der Waals surface area contributed by atoms with Crippen molar-refractivity contribution in [3.63, 3.8) is 0 Å². The molecule has 0 unspecified atom stereocenters. The molecule has 0 aromatic carbocycles. The molecule has 0 bridgehead atoms. The van der Waals surface area contributed by atoms with E-state index in [0.29, 0.717) is 5.92 Å². The third-order valence-electron chi connectivity index (χ3n) is 3.74. The van der Waals surface area contributed by atoms with Crippen LogP contribution >= 0.6 is 0 Å². The maximum absolute atomic E-state index is 4.45. The van der Waals surface area contributed by atoms with Gasteiger partial charge in [0.2, 0.25) is 0 Å². The minimum Gasteiger partial charge on any atom is -0.355 e. The minimum atomic E-state index is 0.567. The Labute approximate surface area is 110 Å². The highest BCUT2D eigenvalue weighted by Crippen LogP contribution is 2.23. The SMILES string of the molecule is CCC(CC)c1cc(N2CCCNCC2)ncn1. The summed E-state index contributed by atoms with van der Waals surface area (Å²) in [6, 6.07) is 2.18. The lowest BCUT2D eigenvalue weighted by Gasteiger charge is -2.22. The quantitative estimate of drug-likeness (QED) is 0.886. The number of nitrogens with zero attached hydrogens (tertiary/aromatic N) is 3. The zero-order valence-corrected chi connectivity index (χ0v) is 11.5. The van der Waals surface area contributed by atoms with Gasteiger partial charge in [0.05, 0.1) is 0 Å². The topological polar surface area (TPSA) is 41.0 Å². The number of anilines is 1. The monoisotopic (exact) mass is 248 g/mol. The van der Waals surface area contributed by atoms with E-state index in [1.165, 1.54) is 12.1 Å². The van der Waals surface area contributed by atoms with Gasteiger partial charge in [-0.3, -0.25) is 0 Å². The van der Waals surface area contributed by atoms with Crippen LogP contribution < -0.4 is 10.2 Å². The van der Waals surface area contributed by atoms with Crippen LogP contribution in [0.3, 0.4) is 0 Å². The zero-order valence-electron chi connectivity index (χ0n) is 11.5. The largest absolute Gasteiger partial charge is 0.355 e. The van der Waals surface area contributed by atoms with Crippen LogP contribution in [0.5, 0.6) is 0 Å². The molecule has 1 aliphatic heterocycles. The van der Waals surface area contributed by atoms with Gasteiger partial charge >= 0.3 is 0 Å². The smallest absolute Gasteiger partial charge is 0.132 e. The van der Waals surface area contributed by atoms with Gasteiger partial charge in [0, 0.05) is 37.3 Å². The van der Waals surface area contributed by atoms with Gasteiger partial charge in [0.25, 0.3) is 0 Å². The molecule has 4 heteroatoms. The van der Waals surface area contributed by atoms with Crippen LogP contribution in [0.2, 0.25) is 0 Å². The molecular weight excluding hydrogens is 224 g/mol. The second-order valence-corrected chi connectivity index (χ2v) is 4.91. The first-order chi connectivity index (χ1) is 8.85. The molecule has 0 atom stereocenters. The Kier molecular flexibility index (Phi) is 4.93. The molecule has 0 amide bonds. The molecule has 1 saturated heterocycles. The molecule has 100 valence electrons. The predicted molar refractivity (Wildman–Crippen MR) is 75.1 cm³/mol. The van der Waals surface area contributed by atoms with E-state index in [4.69, 9.17) is 0 Å². The lowest BCUT2D eigenvalue weighted by atomic mass is 9.99. The summed E-state index contributed by atoms with van der Waals surface area (Å²) in [5.74, 6) is 1.66. The minimum absolute atomic E-state index is 0.567. The number of hydrogen-bond donors (Lipinski definition) is 1. The summed E-state index contributed by atoms with van der Waals surface area (Å²) < 4.78 is 0. The number of aromatic nitrogens is 2. The average molecular weight is 248 g/mol. The predicted octanol–water partition coefficient (Wildman–Crippen LogP) is 2.18. The zero-order chi connectivity index (χ0) is 12.8. The first-order valence-electron chi connectivity index (χ1n) is 7.12. The Hall–Kier alpha value is -1.16. The standard InChI is InChI=1S/C14H24N4/c1-3-12(4-2)13-10-14(17-11-16-13)18-8-5-6-15-7-9-18/h10-12,15H,3-9H2,1-2H3. The van der Waals surface area contributed by atoms with E-state index in [2.05, 4.69) is 40.1 Å². The molecule has 0 spiro atoms. The molecule has 1 aromatic heterocycles. The highest BCUT2D eigenvalue weighted by molar-refractivity contribution is 5.39. The van der Waals surface area contributed by atoms with E-state index in [1.807, 2.05) is 0 Å². The molecule has 0 radical (unpaired) electrons. The van der Waals surface area contributed by atoms with Gasteiger partial charge in [-0.05, 0) is 25.8 Å². The summed E-state index contributed by atoms with van der Waals surface area (Å²) in [6.07, 6.45) is 5.20. The molecule has 0 aliphatic carbocycles. The van der Waals surface area contributed by atoms with Crippen LogP contribution in [0.15, 0.2) is 12.4 Å². The number of rotatable bonds is 4. The van der Waals surface area contributed by atoms with Crippen molar-refractivity contribution in [2.24, 2.45) is 0 Å². The van der Waals surface area contributed by atoms with Crippen LogP contribution in [0.1, 0.15) is 44.7 Å². The lowest BCUT2D eigenvalue weighted by molar-refractivity contribution is 0.620. The summed E-state index contributed by atoms with van der Waals surface area (Å²) in [5, 5.41) is 3.42. The van der Waals surface area contributed by atoms with Gasteiger partial charge in [-0.1, -0.05) is 13.8 Å². The first kappa shape index (κ1) is 13.3. The molecule has 1 aliphatic rings. The molecular formula is C14H24N4. The van der Waals surface area contributed by atoms with Crippen LogP contribution in [0.4, 0.5) is 5.82 Å². The average Bonchev–Trinajstić information content (AvgIpc) is 2.69. The van der Waals surface area contributed by atoms with Crippen molar-refractivity contribution in [3.8, 4) is 0 Å². The summed E-state index contributed by atoms with van der Waals surface area (Å²) in [4.78, 5) is 11.3. The number of hydrogen-bond acceptors (Lipinski definition) is 4. The van der Waals surface area contributed by atoms with Crippen LogP contribution in [0, 0.1) is 0 Å². The highest BCUT2D eigenvalue weighted by atomic mass is 15.2. The number of nitrogens with one attached hydrogen (secondary N) is 1. The van der Waals surface area contributed by atoms with Gasteiger partial charge in [0.1, 0.15) is 12.1 Å². The first-order valence-corrected chi connectivity index (χ1v) is 7.12. The fourth-order valence-corrected chi connectivity index (χ4v) is 2.54. The molecule has 1 N–H and O–H groups in total. The maximum Gasteiger partial charge on any atom is 0.132 e. The Morgan fingerprint density at radius 3 is 2.83 bits per heavy atom. The second-order valence-electron chi connectivity index (χ2n) is 4.91. The van der Waals surface area contributed by atoms with Crippen molar-refractivity contribution in [3.05, 3.63) is 18.1 Å². The summed E-state index contributed by atoms with van der Waals surface area (Å²) in [7, 11) is 0. The van der Waals surface area contributed by atoms with Gasteiger partial charge in [0.15, 0.2) is 0 Å². The normalized spacial score (nSPS) is 16.9. The maximum atomic E-state index is 4.45. The summed E-state index contributed by atoms with van der Waals surface area (Å²) in [5.41, 5.74) is 1.20.